The Morgan fingerprint density at radius 3 is 2.36 bits per heavy atom. The first kappa shape index (κ1) is 36.9. The number of carbonyl (C=O) groups excluding carboxylic acids is 4. The van der Waals surface area contributed by atoms with Gasteiger partial charge < -0.3 is 24.5 Å². The highest BCUT2D eigenvalue weighted by atomic mass is 32.2. The number of nitrogens with zero attached hydrogens (tertiary/aromatic N) is 1. The number of carbonyl (C=O) groups is 4. The van der Waals surface area contributed by atoms with Crippen LogP contribution in [0.5, 0.6) is 11.5 Å². The monoisotopic (exact) mass is 793 g/mol. The number of thiazole rings is 1. The van der Waals surface area contributed by atoms with Crippen molar-refractivity contribution >= 4 is 58.2 Å². The van der Waals surface area contributed by atoms with Crippen molar-refractivity contribution in [3.8, 4) is 11.5 Å². The third kappa shape index (κ3) is 6.48. The minimum Gasteiger partial charge on any atom is -0.490 e. The van der Waals surface area contributed by atoms with Crippen molar-refractivity contribution in [3.05, 3.63) is 98.0 Å². The summed E-state index contributed by atoms with van der Waals surface area (Å²) in [5.41, 5.74) is 0.575. The van der Waals surface area contributed by atoms with E-state index >= 15 is 0 Å². The fourth-order valence-electron chi connectivity index (χ4n) is 8.82. The lowest BCUT2D eigenvalue weighted by Crippen LogP contribution is -2.42. The summed E-state index contributed by atoms with van der Waals surface area (Å²) in [5, 5.41) is 3.28. The van der Waals surface area contributed by atoms with Crippen LogP contribution in [0.15, 0.2) is 76.6 Å². The summed E-state index contributed by atoms with van der Waals surface area (Å²) >= 11 is 2.59. The van der Waals surface area contributed by atoms with Crippen molar-refractivity contribution in [3.63, 3.8) is 0 Å². The molecule has 4 unspecified atom stereocenters. The molecule has 8 rings (SSSR count). The number of amides is 3. The first-order valence-electron chi connectivity index (χ1n) is 17.8. The molecule has 3 aromatic carbocycles. The molecule has 11 nitrogen and oxygen atoms in total. The van der Waals surface area contributed by atoms with Gasteiger partial charge in [-0.3, -0.25) is 24.1 Å². The Bertz CT molecular complexity index is 2260. The maximum Gasteiger partial charge on any atom is 0.416 e. The summed E-state index contributed by atoms with van der Waals surface area (Å²) in [6.45, 7) is 3.70. The zero-order valence-electron chi connectivity index (χ0n) is 29.4. The minimum atomic E-state index is -4.64. The Balaban J connectivity index is 1.05. The van der Waals surface area contributed by atoms with Crippen LogP contribution in [0.1, 0.15) is 52.5 Å². The number of ether oxygens (including phenoxy) is 3. The molecule has 4 aliphatic rings. The smallest absolute Gasteiger partial charge is 0.416 e. The normalized spacial score (nSPS) is 25.0. The Morgan fingerprint density at radius 2 is 1.65 bits per heavy atom. The molecule has 2 aliphatic heterocycles. The second-order valence-corrected chi connectivity index (χ2v) is 16.0. The maximum atomic E-state index is 14.1. The average molecular weight is 794 g/mol. The van der Waals surface area contributed by atoms with Gasteiger partial charge in [0.1, 0.15) is 0 Å². The standard InChI is InChI=1S/C39H34F3N3O8S2/c1-3-51-26-14-19(10-13-25(26)53-17-27(46)43-21-11-8-18(9-12-21)37(49)52-4-2)28-29-23-16-24(32(29)54-34-33(28)55-38(50)44-34)31-30(23)35(47)45(36(31)48)22-7-5-6-20(15-22)39(40,41)42/h5-15,23-24,28-32H,3-4,16-17H2,1-2H3,(H,43,46)(H,44,50)/t23-,24-,28-,29?,30?,31?,32?/m1/s1. The molecule has 1 saturated heterocycles. The zero-order valence-corrected chi connectivity index (χ0v) is 31.0. The number of halogens is 3. The van der Waals surface area contributed by atoms with Gasteiger partial charge in [-0.2, -0.15) is 13.2 Å². The molecule has 2 aliphatic carbocycles. The molecule has 16 heteroatoms. The first-order chi connectivity index (χ1) is 26.4. The van der Waals surface area contributed by atoms with Crippen LogP contribution in [0.25, 0.3) is 0 Å². The summed E-state index contributed by atoms with van der Waals surface area (Å²) in [5.74, 6) is -3.63. The predicted molar refractivity (Wildman–Crippen MR) is 197 cm³/mol. The summed E-state index contributed by atoms with van der Waals surface area (Å²) in [4.78, 5) is 70.0. The van der Waals surface area contributed by atoms with Crippen molar-refractivity contribution in [2.75, 3.05) is 30.0 Å². The van der Waals surface area contributed by atoms with Crippen LogP contribution in [0.2, 0.25) is 0 Å². The van der Waals surface area contributed by atoms with Gasteiger partial charge in [-0.05, 0) is 98.2 Å². The molecule has 2 N–H and O–H groups in total. The van der Waals surface area contributed by atoms with Gasteiger partial charge in [-0.1, -0.05) is 23.5 Å². The number of rotatable bonds is 10. The van der Waals surface area contributed by atoms with Gasteiger partial charge in [0.2, 0.25) is 11.8 Å². The average Bonchev–Trinajstić information content (AvgIpc) is 3.90. The van der Waals surface area contributed by atoms with Gasteiger partial charge in [0.25, 0.3) is 5.91 Å². The Morgan fingerprint density at radius 1 is 0.909 bits per heavy atom. The fourth-order valence-corrected chi connectivity index (χ4v) is 11.7. The van der Waals surface area contributed by atoms with E-state index in [2.05, 4.69) is 10.3 Å². The molecule has 3 fully saturated rings. The van der Waals surface area contributed by atoms with E-state index in [0.717, 1.165) is 38.8 Å². The number of nitrogens with one attached hydrogen (secondary N) is 2. The summed E-state index contributed by atoms with van der Waals surface area (Å²) in [6, 6.07) is 15.9. The molecule has 55 heavy (non-hydrogen) atoms. The first-order valence-corrected chi connectivity index (χ1v) is 19.5. The van der Waals surface area contributed by atoms with Gasteiger partial charge >= 0.3 is 17.0 Å². The molecule has 286 valence electrons. The van der Waals surface area contributed by atoms with Crippen molar-refractivity contribution < 1.29 is 46.6 Å². The number of H-pyrrole nitrogens is 1. The molecule has 1 aromatic heterocycles. The van der Waals surface area contributed by atoms with Crippen LogP contribution in [0.3, 0.4) is 0 Å². The number of hydrogen-bond donors (Lipinski definition) is 2. The van der Waals surface area contributed by atoms with E-state index in [4.69, 9.17) is 14.2 Å². The van der Waals surface area contributed by atoms with E-state index in [9.17, 15) is 37.1 Å². The SMILES string of the molecule is CCOC(=O)c1ccc(NC(=O)COc2ccc([C@H]3c4sc(=O)[nH]c4SC4C3[C@H]3C[C@@H]4C4C(=O)N(c5cccc(C(F)(F)F)c5)C(=O)C43)cc2OCC)cc1. The van der Waals surface area contributed by atoms with E-state index in [0.29, 0.717) is 34.2 Å². The van der Waals surface area contributed by atoms with Gasteiger partial charge in [0.15, 0.2) is 18.1 Å². The van der Waals surface area contributed by atoms with Crippen molar-refractivity contribution in [2.45, 2.75) is 42.6 Å². The van der Waals surface area contributed by atoms with Crippen molar-refractivity contribution in [1.82, 2.24) is 4.98 Å². The second kappa shape index (κ2) is 14.2. The highest BCUT2D eigenvalue weighted by molar-refractivity contribution is 8.00. The number of aromatic amines is 1. The van der Waals surface area contributed by atoms with Crippen LogP contribution in [0, 0.1) is 29.6 Å². The summed E-state index contributed by atoms with van der Waals surface area (Å²) < 4.78 is 57.7. The molecule has 0 spiro atoms. The Hall–Kier alpha value is -5.09. The Labute approximate surface area is 320 Å². The lowest BCUT2D eigenvalue weighted by atomic mass is 9.68. The third-order valence-electron chi connectivity index (χ3n) is 10.8. The number of imide groups is 1. The quantitative estimate of drug-likeness (QED) is 0.132. The second-order valence-electron chi connectivity index (χ2n) is 13.8. The van der Waals surface area contributed by atoms with E-state index in [1.807, 2.05) is 12.1 Å². The molecule has 7 atom stereocenters. The lowest BCUT2D eigenvalue weighted by molar-refractivity contribution is -0.137. The van der Waals surface area contributed by atoms with Crippen molar-refractivity contribution in [1.29, 1.82) is 0 Å². The zero-order chi connectivity index (χ0) is 38.8. The molecule has 3 heterocycles. The highest BCUT2D eigenvalue weighted by Crippen LogP contribution is 2.69. The summed E-state index contributed by atoms with van der Waals surface area (Å²) in [6.07, 6.45) is -4.04. The van der Waals surface area contributed by atoms with Crippen LogP contribution < -0.4 is 24.6 Å². The van der Waals surface area contributed by atoms with Crippen LogP contribution in [0.4, 0.5) is 24.5 Å². The number of thioether (sulfide) groups is 1. The number of hydrogen-bond acceptors (Lipinski definition) is 10. The molecule has 3 amide bonds. The van der Waals surface area contributed by atoms with Gasteiger partial charge in [-0.15, -0.1) is 11.8 Å². The van der Waals surface area contributed by atoms with Crippen LogP contribution in [-0.4, -0.2) is 53.7 Å². The molecule has 2 saturated carbocycles. The van der Waals surface area contributed by atoms with E-state index < -0.39 is 47.3 Å². The summed E-state index contributed by atoms with van der Waals surface area (Å²) in [7, 11) is 0. The van der Waals surface area contributed by atoms with E-state index in [1.165, 1.54) is 23.9 Å². The van der Waals surface area contributed by atoms with Crippen LogP contribution in [-0.2, 0) is 25.3 Å². The predicted octanol–water partition coefficient (Wildman–Crippen LogP) is 6.73. The van der Waals surface area contributed by atoms with Gasteiger partial charge in [0, 0.05) is 21.7 Å². The molecule has 4 aromatic rings. The number of aromatic nitrogens is 1. The van der Waals surface area contributed by atoms with Gasteiger partial charge in [-0.25, -0.2) is 4.79 Å². The minimum absolute atomic E-state index is 0.0910. The van der Waals surface area contributed by atoms with Crippen LogP contribution >= 0.6 is 23.1 Å². The fraction of sp³-hybridized carbons (Fsp3) is 0.359. The number of anilines is 2. The highest BCUT2D eigenvalue weighted by Gasteiger charge is 2.69. The molecule has 0 radical (unpaired) electrons. The van der Waals surface area contributed by atoms with Gasteiger partial charge in [0.05, 0.1) is 46.9 Å². The van der Waals surface area contributed by atoms with E-state index in [1.54, 1.807) is 44.2 Å². The third-order valence-corrected chi connectivity index (χ3v) is 13.4. The topological polar surface area (TPSA) is 144 Å². The maximum absolute atomic E-state index is 14.1. The lowest BCUT2D eigenvalue weighted by Gasteiger charge is -2.43. The number of alkyl halides is 3. The van der Waals surface area contributed by atoms with E-state index in [-0.39, 0.29) is 59.3 Å². The largest absolute Gasteiger partial charge is 0.490 e. The molecular weight excluding hydrogens is 760 g/mol. The molecule has 2 bridgehead atoms. The number of benzene rings is 3. The number of esters is 1. The van der Waals surface area contributed by atoms with Crippen molar-refractivity contribution in [2.24, 2.45) is 29.6 Å². The molecular formula is C39H34F3N3O8S2. The number of fused-ring (bicyclic) bond motifs is 9. The Kier molecular flexibility index (Phi) is 9.52.